The molecule has 0 aromatic rings. The average molecular weight is 239 g/mol. The number of nitrogens with zero attached hydrogens (tertiary/aromatic N) is 1. The first-order chi connectivity index (χ1) is 7.24. The SMILES string of the molecule is CC(C)(CO)CN1CCCC(C(F)(F)F)C1. The second-order valence-electron chi connectivity index (χ2n) is 5.44. The monoisotopic (exact) mass is 239 g/mol. The summed E-state index contributed by atoms with van der Waals surface area (Å²) >= 11 is 0. The van der Waals surface area contributed by atoms with Gasteiger partial charge in [-0.3, -0.25) is 0 Å². The van der Waals surface area contributed by atoms with Gasteiger partial charge in [0.15, 0.2) is 0 Å². The van der Waals surface area contributed by atoms with Crippen LogP contribution < -0.4 is 0 Å². The molecule has 1 aliphatic heterocycles. The first-order valence-electron chi connectivity index (χ1n) is 5.64. The Morgan fingerprint density at radius 1 is 1.31 bits per heavy atom. The molecule has 16 heavy (non-hydrogen) atoms. The van der Waals surface area contributed by atoms with Crippen LogP contribution in [0.15, 0.2) is 0 Å². The van der Waals surface area contributed by atoms with Crippen LogP contribution in [-0.2, 0) is 0 Å². The van der Waals surface area contributed by atoms with Crippen molar-refractivity contribution in [2.45, 2.75) is 32.9 Å². The molecule has 1 heterocycles. The molecule has 1 atom stereocenters. The van der Waals surface area contributed by atoms with E-state index in [-0.39, 0.29) is 25.0 Å². The zero-order chi connectivity index (χ0) is 12.4. The van der Waals surface area contributed by atoms with Crippen molar-refractivity contribution in [3.63, 3.8) is 0 Å². The molecule has 0 aliphatic carbocycles. The lowest BCUT2D eigenvalue weighted by molar-refractivity contribution is -0.187. The maximum Gasteiger partial charge on any atom is 0.393 e. The first kappa shape index (κ1) is 13.8. The standard InChI is InChI=1S/C11H20F3NO/c1-10(2,8-16)7-15-5-3-4-9(6-15)11(12,13)14/h9,16H,3-8H2,1-2H3. The Balaban J connectivity index is 2.51. The van der Waals surface area contributed by atoms with E-state index in [9.17, 15) is 13.2 Å². The summed E-state index contributed by atoms with van der Waals surface area (Å²) in [5.41, 5.74) is -0.326. The molecule has 1 fully saturated rings. The van der Waals surface area contributed by atoms with Crippen molar-refractivity contribution in [2.24, 2.45) is 11.3 Å². The van der Waals surface area contributed by atoms with Crippen LogP contribution in [0.2, 0.25) is 0 Å². The quantitative estimate of drug-likeness (QED) is 0.816. The Morgan fingerprint density at radius 2 is 1.94 bits per heavy atom. The predicted octanol–water partition coefficient (Wildman–Crippen LogP) is 2.28. The summed E-state index contributed by atoms with van der Waals surface area (Å²) in [7, 11) is 0. The van der Waals surface area contributed by atoms with Crippen molar-refractivity contribution in [3.8, 4) is 0 Å². The Morgan fingerprint density at radius 3 is 2.44 bits per heavy atom. The molecule has 1 N–H and O–H groups in total. The van der Waals surface area contributed by atoms with Gasteiger partial charge in [0, 0.05) is 25.1 Å². The Hall–Kier alpha value is -0.290. The van der Waals surface area contributed by atoms with E-state index >= 15 is 0 Å². The molecule has 2 nitrogen and oxygen atoms in total. The van der Waals surface area contributed by atoms with Gasteiger partial charge in [-0.05, 0) is 19.4 Å². The second kappa shape index (κ2) is 4.92. The van der Waals surface area contributed by atoms with Gasteiger partial charge in [0.25, 0.3) is 0 Å². The maximum atomic E-state index is 12.6. The zero-order valence-electron chi connectivity index (χ0n) is 9.85. The number of hydrogen-bond donors (Lipinski definition) is 1. The normalized spacial score (nSPS) is 24.8. The molecule has 0 radical (unpaired) electrons. The van der Waals surface area contributed by atoms with E-state index in [2.05, 4.69) is 0 Å². The van der Waals surface area contributed by atoms with Crippen LogP contribution in [0.5, 0.6) is 0 Å². The molecule has 0 spiro atoms. The third-order valence-electron chi connectivity index (χ3n) is 3.05. The summed E-state index contributed by atoms with van der Waals surface area (Å²) in [6.45, 7) is 5.04. The topological polar surface area (TPSA) is 23.5 Å². The van der Waals surface area contributed by atoms with Crippen molar-refractivity contribution in [2.75, 3.05) is 26.2 Å². The summed E-state index contributed by atoms with van der Waals surface area (Å²) in [5, 5.41) is 9.10. The maximum absolute atomic E-state index is 12.6. The van der Waals surface area contributed by atoms with Crippen LogP contribution in [0, 0.1) is 11.3 Å². The van der Waals surface area contributed by atoms with Crippen molar-refractivity contribution in [1.82, 2.24) is 4.90 Å². The van der Waals surface area contributed by atoms with Crippen molar-refractivity contribution in [3.05, 3.63) is 0 Å². The summed E-state index contributed by atoms with van der Waals surface area (Å²) in [4.78, 5) is 1.82. The fourth-order valence-electron chi connectivity index (χ4n) is 2.12. The van der Waals surface area contributed by atoms with Crippen LogP contribution in [0.3, 0.4) is 0 Å². The number of aliphatic hydroxyl groups is 1. The zero-order valence-corrected chi connectivity index (χ0v) is 9.85. The van der Waals surface area contributed by atoms with Crippen LogP contribution >= 0.6 is 0 Å². The van der Waals surface area contributed by atoms with Gasteiger partial charge in [0.2, 0.25) is 0 Å². The van der Waals surface area contributed by atoms with E-state index in [1.165, 1.54) is 0 Å². The Kier molecular flexibility index (Phi) is 4.23. The van der Waals surface area contributed by atoms with E-state index in [0.29, 0.717) is 19.5 Å². The molecule has 0 bridgehead atoms. The molecule has 5 heteroatoms. The minimum absolute atomic E-state index is 0.000183. The molecule has 1 saturated heterocycles. The third kappa shape index (κ3) is 3.94. The van der Waals surface area contributed by atoms with E-state index in [1.807, 2.05) is 18.7 Å². The smallest absolute Gasteiger partial charge is 0.393 e. The predicted molar refractivity (Wildman–Crippen MR) is 56.1 cm³/mol. The number of rotatable bonds is 3. The van der Waals surface area contributed by atoms with E-state index < -0.39 is 12.1 Å². The van der Waals surface area contributed by atoms with Crippen molar-refractivity contribution >= 4 is 0 Å². The fourth-order valence-corrected chi connectivity index (χ4v) is 2.12. The molecule has 0 aromatic carbocycles. The molecule has 0 aromatic heterocycles. The van der Waals surface area contributed by atoms with Crippen LogP contribution in [0.25, 0.3) is 0 Å². The number of piperidine rings is 1. The Labute approximate surface area is 94.4 Å². The number of hydrogen-bond acceptors (Lipinski definition) is 2. The highest BCUT2D eigenvalue weighted by Crippen LogP contribution is 2.33. The first-order valence-corrected chi connectivity index (χ1v) is 5.64. The van der Waals surface area contributed by atoms with Gasteiger partial charge in [0.1, 0.15) is 0 Å². The van der Waals surface area contributed by atoms with Crippen LogP contribution in [0.1, 0.15) is 26.7 Å². The molecule has 1 rings (SSSR count). The lowest BCUT2D eigenvalue weighted by Gasteiger charge is -2.37. The molecular formula is C11H20F3NO. The van der Waals surface area contributed by atoms with Crippen molar-refractivity contribution < 1.29 is 18.3 Å². The number of alkyl halides is 3. The highest BCUT2D eigenvalue weighted by molar-refractivity contribution is 4.81. The molecule has 0 saturated carbocycles. The fraction of sp³-hybridized carbons (Fsp3) is 1.00. The van der Waals surface area contributed by atoms with Gasteiger partial charge in [-0.1, -0.05) is 13.8 Å². The summed E-state index contributed by atoms with van der Waals surface area (Å²) in [6.07, 6.45) is -3.26. The minimum atomic E-state index is -4.08. The summed E-state index contributed by atoms with van der Waals surface area (Å²) in [6, 6.07) is 0. The van der Waals surface area contributed by atoms with E-state index in [0.717, 1.165) is 0 Å². The number of halogens is 3. The third-order valence-corrected chi connectivity index (χ3v) is 3.05. The van der Waals surface area contributed by atoms with Crippen molar-refractivity contribution in [1.29, 1.82) is 0 Å². The number of aliphatic hydroxyl groups excluding tert-OH is 1. The van der Waals surface area contributed by atoms with Gasteiger partial charge in [0.05, 0.1) is 5.92 Å². The lowest BCUT2D eigenvalue weighted by atomic mass is 9.91. The number of likely N-dealkylation sites (tertiary alicyclic amines) is 1. The second-order valence-corrected chi connectivity index (χ2v) is 5.44. The Bertz CT molecular complexity index is 228. The van der Waals surface area contributed by atoms with Crippen LogP contribution in [-0.4, -0.2) is 42.4 Å². The largest absolute Gasteiger partial charge is 0.396 e. The van der Waals surface area contributed by atoms with Gasteiger partial charge in [-0.15, -0.1) is 0 Å². The van der Waals surface area contributed by atoms with Crippen LogP contribution in [0.4, 0.5) is 13.2 Å². The minimum Gasteiger partial charge on any atom is -0.396 e. The van der Waals surface area contributed by atoms with Gasteiger partial charge >= 0.3 is 6.18 Å². The summed E-state index contributed by atoms with van der Waals surface area (Å²) < 4.78 is 37.7. The molecule has 96 valence electrons. The average Bonchev–Trinajstić information content (AvgIpc) is 2.16. The highest BCUT2D eigenvalue weighted by atomic mass is 19.4. The molecule has 1 aliphatic rings. The van der Waals surface area contributed by atoms with Gasteiger partial charge in [-0.25, -0.2) is 0 Å². The van der Waals surface area contributed by atoms with E-state index in [4.69, 9.17) is 5.11 Å². The lowest BCUT2D eigenvalue weighted by Crippen LogP contribution is -2.45. The van der Waals surface area contributed by atoms with Gasteiger partial charge in [-0.2, -0.15) is 13.2 Å². The molecule has 0 amide bonds. The van der Waals surface area contributed by atoms with Gasteiger partial charge < -0.3 is 10.0 Å². The molecule has 1 unspecified atom stereocenters. The highest BCUT2D eigenvalue weighted by Gasteiger charge is 2.42. The molecular weight excluding hydrogens is 219 g/mol. The summed E-state index contributed by atoms with van der Waals surface area (Å²) in [5.74, 6) is -1.20. The van der Waals surface area contributed by atoms with E-state index in [1.54, 1.807) is 0 Å².